The highest BCUT2D eigenvalue weighted by Crippen LogP contribution is 2.32. The Morgan fingerprint density at radius 1 is 1.38 bits per heavy atom. The van der Waals surface area contributed by atoms with E-state index in [0.29, 0.717) is 24.3 Å². The number of thioether (sulfide) groups is 1. The maximum Gasteiger partial charge on any atom is 0.241 e. The van der Waals surface area contributed by atoms with Crippen molar-refractivity contribution in [2.24, 2.45) is 0 Å². The molecule has 5 nitrogen and oxygen atoms in total. The predicted molar refractivity (Wildman–Crippen MR) is 85.1 cm³/mol. The normalized spacial score (nSPS) is 16.0. The van der Waals surface area contributed by atoms with Crippen LogP contribution in [-0.4, -0.2) is 25.6 Å². The number of fused-ring (bicyclic) bond motifs is 1. The minimum atomic E-state index is -3.60. The molecule has 0 bridgehead atoms. The second-order valence-electron chi connectivity index (χ2n) is 5.65. The zero-order chi connectivity index (χ0) is 15.7. The van der Waals surface area contributed by atoms with Crippen LogP contribution in [0.2, 0.25) is 0 Å². The average molecular weight is 328 g/mol. The number of amides is 1. The first-order chi connectivity index (χ1) is 9.73. The van der Waals surface area contributed by atoms with E-state index < -0.39 is 15.6 Å². The van der Waals surface area contributed by atoms with Crippen molar-refractivity contribution in [1.29, 1.82) is 0 Å². The molecule has 0 saturated heterocycles. The molecule has 116 valence electrons. The van der Waals surface area contributed by atoms with E-state index in [1.54, 1.807) is 23.9 Å². The van der Waals surface area contributed by atoms with Gasteiger partial charge in [0.2, 0.25) is 15.9 Å². The van der Waals surface area contributed by atoms with Crippen LogP contribution in [0.5, 0.6) is 0 Å². The second-order valence-corrected chi connectivity index (χ2v) is 8.47. The first kappa shape index (κ1) is 16.3. The SMILES string of the molecule is CCC(C)(C)NS(=O)(=O)c1ccc2c(c1)NC(=O)CCS2. The molecule has 0 radical (unpaired) electrons. The predicted octanol–water partition coefficient (Wildman–Crippen LogP) is 2.59. The molecule has 2 rings (SSSR count). The van der Waals surface area contributed by atoms with Crippen molar-refractivity contribution in [1.82, 2.24) is 4.72 Å². The van der Waals surface area contributed by atoms with E-state index in [4.69, 9.17) is 0 Å². The maximum absolute atomic E-state index is 12.4. The van der Waals surface area contributed by atoms with E-state index in [1.165, 1.54) is 6.07 Å². The van der Waals surface area contributed by atoms with Gasteiger partial charge < -0.3 is 5.32 Å². The van der Waals surface area contributed by atoms with Crippen LogP contribution in [0.25, 0.3) is 0 Å². The van der Waals surface area contributed by atoms with E-state index in [-0.39, 0.29) is 10.8 Å². The molecule has 1 aromatic rings. The summed E-state index contributed by atoms with van der Waals surface area (Å²) < 4.78 is 27.5. The van der Waals surface area contributed by atoms with Crippen LogP contribution in [0.1, 0.15) is 33.6 Å². The van der Waals surface area contributed by atoms with Crippen molar-refractivity contribution in [2.45, 2.75) is 48.9 Å². The van der Waals surface area contributed by atoms with Crippen LogP contribution in [0.15, 0.2) is 28.0 Å². The van der Waals surface area contributed by atoms with Crippen LogP contribution in [0.4, 0.5) is 5.69 Å². The summed E-state index contributed by atoms with van der Waals surface area (Å²) in [5.74, 6) is 0.615. The highest BCUT2D eigenvalue weighted by molar-refractivity contribution is 7.99. The van der Waals surface area contributed by atoms with E-state index in [1.807, 2.05) is 20.8 Å². The molecular formula is C14H20N2O3S2. The fourth-order valence-electron chi connectivity index (χ4n) is 1.86. The Labute approximate surface area is 129 Å². The standard InChI is InChI=1S/C14H20N2O3S2/c1-4-14(2,3)16-21(18,19)10-5-6-12-11(9-10)15-13(17)7-8-20-12/h5-6,9,16H,4,7-8H2,1-3H3,(H,15,17). The third kappa shape index (κ3) is 3.99. The van der Waals surface area contributed by atoms with Gasteiger partial charge in [-0.3, -0.25) is 4.79 Å². The summed E-state index contributed by atoms with van der Waals surface area (Å²) in [6.45, 7) is 5.60. The molecule has 1 aromatic carbocycles. The van der Waals surface area contributed by atoms with Crippen LogP contribution in [-0.2, 0) is 14.8 Å². The van der Waals surface area contributed by atoms with Gasteiger partial charge in [0.05, 0.1) is 10.6 Å². The lowest BCUT2D eigenvalue weighted by Gasteiger charge is -2.24. The van der Waals surface area contributed by atoms with E-state index >= 15 is 0 Å². The van der Waals surface area contributed by atoms with Crippen molar-refractivity contribution in [2.75, 3.05) is 11.1 Å². The van der Waals surface area contributed by atoms with Crippen LogP contribution < -0.4 is 10.0 Å². The number of benzene rings is 1. The van der Waals surface area contributed by atoms with Gasteiger partial charge in [-0.1, -0.05) is 6.92 Å². The van der Waals surface area contributed by atoms with Gasteiger partial charge in [-0.2, -0.15) is 0 Å². The van der Waals surface area contributed by atoms with Gasteiger partial charge >= 0.3 is 0 Å². The Kier molecular flexibility index (Phi) is 4.65. The number of nitrogens with one attached hydrogen (secondary N) is 2. The maximum atomic E-state index is 12.4. The summed E-state index contributed by atoms with van der Waals surface area (Å²) in [6.07, 6.45) is 1.12. The number of sulfonamides is 1. The van der Waals surface area contributed by atoms with Crippen LogP contribution >= 0.6 is 11.8 Å². The third-order valence-corrected chi connectivity index (χ3v) is 6.19. The van der Waals surface area contributed by atoms with Crippen LogP contribution in [0.3, 0.4) is 0 Å². The monoisotopic (exact) mass is 328 g/mol. The fraction of sp³-hybridized carbons (Fsp3) is 0.500. The largest absolute Gasteiger partial charge is 0.325 e. The number of hydrogen-bond acceptors (Lipinski definition) is 4. The molecule has 0 unspecified atom stereocenters. The minimum Gasteiger partial charge on any atom is -0.325 e. The number of anilines is 1. The zero-order valence-corrected chi connectivity index (χ0v) is 14.0. The third-order valence-electron chi connectivity index (χ3n) is 3.42. The van der Waals surface area contributed by atoms with Crippen molar-refractivity contribution >= 4 is 33.4 Å². The molecule has 21 heavy (non-hydrogen) atoms. The summed E-state index contributed by atoms with van der Waals surface area (Å²) in [7, 11) is -3.60. The van der Waals surface area contributed by atoms with Crippen molar-refractivity contribution in [3.8, 4) is 0 Å². The number of carbonyl (C=O) groups excluding carboxylic acids is 1. The lowest BCUT2D eigenvalue weighted by Crippen LogP contribution is -2.42. The molecule has 2 N–H and O–H groups in total. The smallest absolute Gasteiger partial charge is 0.241 e. The molecule has 1 aliphatic rings. The summed E-state index contributed by atoms with van der Waals surface area (Å²) in [6, 6.07) is 4.86. The Morgan fingerprint density at radius 2 is 2.10 bits per heavy atom. The van der Waals surface area contributed by atoms with Gasteiger partial charge in [0.15, 0.2) is 0 Å². The van der Waals surface area contributed by atoms with Gasteiger partial charge in [0.25, 0.3) is 0 Å². The average Bonchev–Trinajstić information content (AvgIpc) is 2.57. The second kappa shape index (κ2) is 5.98. The summed E-state index contributed by atoms with van der Waals surface area (Å²) in [5, 5.41) is 2.76. The number of rotatable bonds is 4. The van der Waals surface area contributed by atoms with Gasteiger partial charge in [0.1, 0.15) is 0 Å². The fourth-order valence-corrected chi connectivity index (χ4v) is 4.31. The molecule has 1 heterocycles. The lowest BCUT2D eigenvalue weighted by molar-refractivity contribution is -0.115. The molecule has 0 aliphatic carbocycles. The molecule has 7 heteroatoms. The molecule has 0 spiro atoms. The Bertz CT molecular complexity index is 654. The summed E-state index contributed by atoms with van der Waals surface area (Å²) in [5.41, 5.74) is 0.0589. The number of carbonyl (C=O) groups is 1. The van der Waals surface area contributed by atoms with E-state index in [0.717, 1.165) is 4.90 Å². The molecular weight excluding hydrogens is 308 g/mol. The molecule has 0 fully saturated rings. The molecule has 1 amide bonds. The highest BCUT2D eigenvalue weighted by atomic mass is 32.2. The zero-order valence-electron chi connectivity index (χ0n) is 12.4. The Morgan fingerprint density at radius 3 is 2.76 bits per heavy atom. The lowest BCUT2D eigenvalue weighted by atomic mass is 10.0. The van der Waals surface area contributed by atoms with Gasteiger partial charge in [-0.25, -0.2) is 13.1 Å². The Hall–Kier alpha value is -1.05. The first-order valence-corrected chi connectivity index (χ1v) is 9.31. The first-order valence-electron chi connectivity index (χ1n) is 6.84. The molecule has 0 atom stereocenters. The molecule has 0 aromatic heterocycles. The number of hydrogen-bond donors (Lipinski definition) is 2. The van der Waals surface area contributed by atoms with Crippen LogP contribution in [0, 0.1) is 0 Å². The highest BCUT2D eigenvalue weighted by Gasteiger charge is 2.25. The summed E-state index contributed by atoms with van der Waals surface area (Å²) >= 11 is 1.55. The van der Waals surface area contributed by atoms with Crippen molar-refractivity contribution < 1.29 is 13.2 Å². The summed E-state index contributed by atoms with van der Waals surface area (Å²) in [4.78, 5) is 12.7. The van der Waals surface area contributed by atoms with E-state index in [2.05, 4.69) is 10.0 Å². The molecule has 1 aliphatic heterocycles. The Balaban J connectivity index is 2.35. The van der Waals surface area contributed by atoms with Gasteiger partial charge in [0, 0.05) is 22.6 Å². The van der Waals surface area contributed by atoms with Crippen molar-refractivity contribution in [3.63, 3.8) is 0 Å². The topological polar surface area (TPSA) is 75.3 Å². The quantitative estimate of drug-likeness (QED) is 0.891. The molecule has 0 saturated carbocycles. The van der Waals surface area contributed by atoms with Crippen molar-refractivity contribution in [3.05, 3.63) is 18.2 Å². The van der Waals surface area contributed by atoms with Gasteiger partial charge in [-0.05, 0) is 38.5 Å². The van der Waals surface area contributed by atoms with Gasteiger partial charge in [-0.15, -0.1) is 11.8 Å². The minimum absolute atomic E-state index is 0.0855. The van der Waals surface area contributed by atoms with E-state index in [9.17, 15) is 13.2 Å².